The van der Waals surface area contributed by atoms with Crippen molar-refractivity contribution in [3.05, 3.63) is 0 Å². The van der Waals surface area contributed by atoms with Crippen LogP contribution in [0.3, 0.4) is 0 Å². The fourth-order valence-electron chi connectivity index (χ4n) is 2.57. The van der Waals surface area contributed by atoms with Crippen molar-refractivity contribution in [1.82, 2.24) is 5.32 Å². The van der Waals surface area contributed by atoms with Gasteiger partial charge in [0.15, 0.2) is 0 Å². The van der Waals surface area contributed by atoms with Gasteiger partial charge in [0.2, 0.25) is 5.91 Å². The Morgan fingerprint density at radius 1 is 1.32 bits per heavy atom. The molecular formula is C14H25NO4. The first-order valence-corrected chi connectivity index (χ1v) is 7.25. The van der Waals surface area contributed by atoms with E-state index in [9.17, 15) is 14.7 Å². The Bertz CT molecular complexity index is 287. The molecule has 0 aromatic rings. The monoisotopic (exact) mass is 271 g/mol. The number of ether oxygens (including phenoxy) is 1. The van der Waals surface area contributed by atoms with E-state index in [0.717, 1.165) is 25.7 Å². The highest BCUT2D eigenvalue weighted by Crippen LogP contribution is 2.26. The van der Waals surface area contributed by atoms with Crippen LogP contribution in [0.2, 0.25) is 0 Å². The number of carbonyl (C=O) groups excluding carboxylic acids is 1. The number of carboxylic acids is 1. The molecule has 19 heavy (non-hydrogen) atoms. The van der Waals surface area contributed by atoms with Crippen molar-refractivity contribution in [3.63, 3.8) is 0 Å². The quantitative estimate of drug-likeness (QED) is 0.662. The van der Waals surface area contributed by atoms with Gasteiger partial charge in [0.25, 0.3) is 0 Å². The van der Waals surface area contributed by atoms with Gasteiger partial charge < -0.3 is 15.2 Å². The lowest BCUT2D eigenvalue weighted by atomic mass is 9.84. The molecule has 0 aliphatic heterocycles. The lowest BCUT2D eigenvalue weighted by Gasteiger charge is -2.28. The molecule has 0 aromatic heterocycles. The highest BCUT2D eigenvalue weighted by molar-refractivity contribution is 5.83. The molecule has 0 bridgehead atoms. The summed E-state index contributed by atoms with van der Waals surface area (Å²) in [5, 5.41) is 11.9. The summed E-state index contributed by atoms with van der Waals surface area (Å²) in [5.74, 6) is -1.01. The van der Waals surface area contributed by atoms with Crippen molar-refractivity contribution < 1.29 is 19.4 Å². The molecule has 1 amide bonds. The third kappa shape index (κ3) is 6.05. The summed E-state index contributed by atoms with van der Waals surface area (Å²) in [6, 6.07) is -0.722. The Labute approximate surface area is 114 Å². The molecule has 1 unspecified atom stereocenters. The second kappa shape index (κ2) is 8.91. The van der Waals surface area contributed by atoms with Gasteiger partial charge in [0.1, 0.15) is 6.04 Å². The lowest BCUT2D eigenvalue weighted by Crippen LogP contribution is -2.46. The summed E-state index contributed by atoms with van der Waals surface area (Å²) >= 11 is 0. The van der Waals surface area contributed by atoms with E-state index in [2.05, 4.69) is 5.32 Å². The van der Waals surface area contributed by atoms with Crippen molar-refractivity contribution in [3.8, 4) is 0 Å². The SMILES string of the molecule is CCOCCCC(=O)NC(C(=O)O)C1CCCCC1. The first-order chi connectivity index (χ1) is 9.15. The largest absolute Gasteiger partial charge is 0.480 e. The number of rotatable bonds is 8. The summed E-state index contributed by atoms with van der Waals surface area (Å²) in [7, 11) is 0. The van der Waals surface area contributed by atoms with Crippen LogP contribution >= 0.6 is 0 Å². The smallest absolute Gasteiger partial charge is 0.326 e. The van der Waals surface area contributed by atoms with E-state index >= 15 is 0 Å². The van der Waals surface area contributed by atoms with Crippen LogP contribution in [0, 0.1) is 5.92 Å². The Balaban J connectivity index is 2.35. The number of carboxylic acid groups (broad SMARTS) is 1. The van der Waals surface area contributed by atoms with Crippen molar-refractivity contribution in [2.24, 2.45) is 5.92 Å². The van der Waals surface area contributed by atoms with E-state index in [1.807, 2.05) is 6.92 Å². The standard InChI is InChI=1S/C14H25NO4/c1-2-19-10-6-9-12(16)15-13(14(17)18)11-7-4-3-5-8-11/h11,13H,2-10H2,1H3,(H,15,16)(H,17,18). The lowest BCUT2D eigenvalue weighted by molar-refractivity contribution is -0.143. The number of hydrogen-bond donors (Lipinski definition) is 2. The van der Waals surface area contributed by atoms with Crippen molar-refractivity contribution in [2.75, 3.05) is 13.2 Å². The Morgan fingerprint density at radius 3 is 2.58 bits per heavy atom. The van der Waals surface area contributed by atoms with Crippen LogP contribution in [0.15, 0.2) is 0 Å². The van der Waals surface area contributed by atoms with E-state index in [1.165, 1.54) is 6.42 Å². The first-order valence-electron chi connectivity index (χ1n) is 7.25. The number of amides is 1. The van der Waals surface area contributed by atoms with Crippen molar-refractivity contribution in [1.29, 1.82) is 0 Å². The second-order valence-corrected chi connectivity index (χ2v) is 5.08. The van der Waals surface area contributed by atoms with Gasteiger partial charge in [-0.1, -0.05) is 19.3 Å². The fourth-order valence-corrected chi connectivity index (χ4v) is 2.57. The molecular weight excluding hydrogens is 246 g/mol. The molecule has 0 radical (unpaired) electrons. The maximum Gasteiger partial charge on any atom is 0.326 e. The van der Waals surface area contributed by atoms with Gasteiger partial charge in [0, 0.05) is 19.6 Å². The van der Waals surface area contributed by atoms with Gasteiger partial charge in [-0.15, -0.1) is 0 Å². The molecule has 1 fully saturated rings. The zero-order valence-electron chi connectivity index (χ0n) is 11.7. The topological polar surface area (TPSA) is 75.6 Å². The van der Waals surface area contributed by atoms with Crippen molar-refractivity contribution >= 4 is 11.9 Å². The van der Waals surface area contributed by atoms with E-state index in [1.54, 1.807) is 0 Å². The van der Waals surface area contributed by atoms with Gasteiger partial charge in [-0.2, -0.15) is 0 Å². The van der Waals surface area contributed by atoms with Gasteiger partial charge >= 0.3 is 5.97 Å². The molecule has 1 saturated carbocycles. The number of carbonyl (C=O) groups is 2. The van der Waals surface area contributed by atoms with E-state index in [0.29, 0.717) is 26.1 Å². The van der Waals surface area contributed by atoms with Gasteiger partial charge in [-0.25, -0.2) is 4.79 Å². The molecule has 0 heterocycles. The third-order valence-electron chi connectivity index (χ3n) is 3.60. The predicted octanol–water partition coefficient (Wildman–Crippen LogP) is 1.95. The van der Waals surface area contributed by atoms with Gasteiger partial charge in [0.05, 0.1) is 0 Å². The zero-order valence-corrected chi connectivity index (χ0v) is 11.7. The average molecular weight is 271 g/mol. The molecule has 0 aromatic carbocycles. The van der Waals surface area contributed by atoms with E-state index in [4.69, 9.17) is 4.74 Å². The molecule has 1 aliphatic carbocycles. The zero-order chi connectivity index (χ0) is 14.1. The van der Waals surface area contributed by atoms with Crippen molar-refractivity contribution in [2.45, 2.75) is 57.9 Å². The molecule has 1 aliphatic rings. The van der Waals surface area contributed by atoms with E-state index in [-0.39, 0.29) is 11.8 Å². The minimum absolute atomic E-state index is 0.0853. The average Bonchev–Trinajstić information content (AvgIpc) is 2.41. The number of aliphatic carboxylic acids is 1. The molecule has 1 rings (SSSR count). The molecule has 110 valence electrons. The molecule has 0 spiro atoms. The van der Waals surface area contributed by atoms with Crippen LogP contribution in [0.4, 0.5) is 0 Å². The molecule has 5 nitrogen and oxygen atoms in total. The highest BCUT2D eigenvalue weighted by Gasteiger charge is 2.30. The Kier molecular flexibility index (Phi) is 7.48. The normalized spacial score (nSPS) is 17.9. The van der Waals surface area contributed by atoms with Gasteiger partial charge in [-0.3, -0.25) is 4.79 Å². The summed E-state index contributed by atoms with van der Waals surface area (Å²) in [4.78, 5) is 23.0. The van der Waals surface area contributed by atoms with Crippen LogP contribution in [0.25, 0.3) is 0 Å². The Morgan fingerprint density at radius 2 is 2.00 bits per heavy atom. The number of nitrogens with one attached hydrogen (secondary N) is 1. The minimum Gasteiger partial charge on any atom is -0.480 e. The fraction of sp³-hybridized carbons (Fsp3) is 0.857. The predicted molar refractivity (Wildman–Crippen MR) is 71.9 cm³/mol. The van der Waals surface area contributed by atoms with Crippen LogP contribution in [0.5, 0.6) is 0 Å². The highest BCUT2D eigenvalue weighted by atomic mass is 16.5. The molecule has 5 heteroatoms. The first kappa shape index (κ1) is 16.0. The van der Waals surface area contributed by atoms with Crippen LogP contribution < -0.4 is 5.32 Å². The van der Waals surface area contributed by atoms with Crippen LogP contribution in [0.1, 0.15) is 51.9 Å². The van der Waals surface area contributed by atoms with Crippen LogP contribution in [-0.2, 0) is 14.3 Å². The molecule has 1 atom stereocenters. The molecule has 0 saturated heterocycles. The maximum atomic E-state index is 11.7. The number of hydrogen-bond acceptors (Lipinski definition) is 3. The summed E-state index contributed by atoms with van der Waals surface area (Å²) in [5.41, 5.74) is 0. The van der Waals surface area contributed by atoms with E-state index < -0.39 is 12.0 Å². The molecule has 2 N–H and O–H groups in total. The minimum atomic E-state index is -0.912. The van der Waals surface area contributed by atoms with Crippen LogP contribution in [-0.4, -0.2) is 36.2 Å². The van der Waals surface area contributed by atoms with Gasteiger partial charge in [-0.05, 0) is 32.1 Å². The second-order valence-electron chi connectivity index (χ2n) is 5.08. The maximum absolute atomic E-state index is 11.7. The summed E-state index contributed by atoms with van der Waals surface area (Å²) in [6.07, 6.45) is 6.06. The Hall–Kier alpha value is -1.10. The summed E-state index contributed by atoms with van der Waals surface area (Å²) in [6.45, 7) is 3.09. The third-order valence-corrected chi connectivity index (χ3v) is 3.60. The summed E-state index contributed by atoms with van der Waals surface area (Å²) < 4.78 is 5.16.